The van der Waals surface area contributed by atoms with E-state index in [4.69, 9.17) is 5.11 Å². The van der Waals surface area contributed by atoms with Gasteiger partial charge in [-0.3, -0.25) is 14.5 Å². The minimum Gasteiger partial charge on any atom is -0.481 e. The molecule has 2 N–H and O–H groups in total. The fourth-order valence-corrected chi connectivity index (χ4v) is 2.96. The van der Waals surface area contributed by atoms with Gasteiger partial charge in [-0.15, -0.1) is 0 Å². The molecule has 0 radical (unpaired) electrons. The Labute approximate surface area is 153 Å². The summed E-state index contributed by atoms with van der Waals surface area (Å²) in [7, 11) is 3.85. The molecule has 0 saturated heterocycles. The Balaban J connectivity index is 3.41. The molecule has 6 heteroatoms. The second kappa shape index (κ2) is 15.8. The maximum Gasteiger partial charge on any atom is 0.303 e. The number of carboxylic acid groups (broad SMARTS) is 1. The third-order valence-corrected chi connectivity index (χ3v) is 4.45. The number of hydrogen-bond acceptors (Lipinski definition) is 4. The first-order valence-corrected chi connectivity index (χ1v) is 9.89. The highest BCUT2D eigenvalue weighted by atomic mass is 32.1. The van der Waals surface area contributed by atoms with E-state index in [2.05, 4.69) is 17.9 Å². The van der Waals surface area contributed by atoms with Crippen molar-refractivity contribution in [3.63, 3.8) is 0 Å². The van der Waals surface area contributed by atoms with E-state index in [0.717, 1.165) is 45.1 Å². The average Bonchev–Trinajstić information content (AvgIpc) is 2.52. The van der Waals surface area contributed by atoms with Crippen molar-refractivity contribution in [3.05, 3.63) is 0 Å². The summed E-state index contributed by atoms with van der Waals surface area (Å²) in [6, 6.07) is -0.0800. The van der Waals surface area contributed by atoms with Gasteiger partial charge in [-0.25, -0.2) is 0 Å². The highest BCUT2D eigenvalue weighted by Crippen LogP contribution is 2.10. The van der Waals surface area contributed by atoms with Crippen LogP contribution in [0.2, 0.25) is 0 Å². The normalized spacial score (nSPS) is 12.3. The highest BCUT2D eigenvalue weighted by molar-refractivity contribution is 7.80. The number of thiol groups is 1. The van der Waals surface area contributed by atoms with Crippen LogP contribution in [0.1, 0.15) is 70.6 Å². The van der Waals surface area contributed by atoms with E-state index < -0.39 is 5.97 Å². The van der Waals surface area contributed by atoms with Crippen molar-refractivity contribution in [2.45, 2.75) is 76.7 Å². The van der Waals surface area contributed by atoms with E-state index in [1.807, 2.05) is 19.0 Å². The molecule has 0 aromatic rings. The van der Waals surface area contributed by atoms with Crippen molar-refractivity contribution in [1.82, 2.24) is 10.2 Å². The largest absolute Gasteiger partial charge is 0.481 e. The molecule has 0 aromatic carbocycles. The quantitative estimate of drug-likeness (QED) is 0.292. The molecule has 0 rings (SSSR count). The van der Waals surface area contributed by atoms with Crippen LogP contribution < -0.4 is 5.32 Å². The number of hydrogen-bond donors (Lipinski definition) is 3. The van der Waals surface area contributed by atoms with Crippen LogP contribution in [0.15, 0.2) is 0 Å². The summed E-state index contributed by atoms with van der Waals surface area (Å²) in [5, 5.41) is 11.6. The van der Waals surface area contributed by atoms with Gasteiger partial charge in [0.15, 0.2) is 0 Å². The predicted molar refractivity (Wildman–Crippen MR) is 103 cm³/mol. The number of nitrogens with zero attached hydrogens (tertiary/aromatic N) is 1. The van der Waals surface area contributed by atoms with Crippen molar-refractivity contribution in [3.8, 4) is 0 Å². The number of amides is 1. The summed E-state index contributed by atoms with van der Waals surface area (Å²) in [6.45, 7) is 0.755. The molecule has 0 aliphatic heterocycles. The smallest absolute Gasteiger partial charge is 0.303 e. The van der Waals surface area contributed by atoms with Crippen LogP contribution in [0.3, 0.4) is 0 Å². The Morgan fingerprint density at radius 2 is 1.46 bits per heavy atom. The number of unbranched alkanes of at least 4 members (excludes halogenated alkanes) is 8. The molecule has 0 fully saturated rings. The Bertz CT molecular complexity index is 338. The third-order valence-electron chi connectivity index (χ3n) is 4.20. The lowest BCUT2D eigenvalue weighted by Crippen LogP contribution is -2.44. The van der Waals surface area contributed by atoms with Crippen molar-refractivity contribution < 1.29 is 14.7 Å². The fraction of sp³-hybridized carbons (Fsp3) is 0.889. The summed E-state index contributed by atoms with van der Waals surface area (Å²) in [5.74, 6) is 0.132. The van der Waals surface area contributed by atoms with Gasteiger partial charge in [0.05, 0.1) is 6.04 Å². The number of rotatable bonds is 16. The minimum absolute atomic E-state index is 0.0800. The topological polar surface area (TPSA) is 69.6 Å². The van der Waals surface area contributed by atoms with Crippen molar-refractivity contribution in [2.75, 3.05) is 26.4 Å². The lowest BCUT2D eigenvalue weighted by atomic mass is 10.1. The molecule has 142 valence electrons. The van der Waals surface area contributed by atoms with E-state index in [9.17, 15) is 9.59 Å². The summed E-state index contributed by atoms with van der Waals surface area (Å²) in [6.07, 6.45) is 11.1. The van der Waals surface area contributed by atoms with Crippen LogP contribution in [-0.2, 0) is 9.59 Å². The van der Waals surface area contributed by atoms with Gasteiger partial charge >= 0.3 is 5.97 Å². The Kier molecular flexibility index (Phi) is 15.3. The van der Waals surface area contributed by atoms with Gasteiger partial charge in [0.2, 0.25) is 5.91 Å². The molecular formula is C18H36N2O3S. The van der Waals surface area contributed by atoms with Crippen LogP contribution >= 0.6 is 12.6 Å². The molecule has 0 aromatic heterocycles. The lowest BCUT2D eigenvalue weighted by Gasteiger charge is -2.22. The SMILES string of the molecule is CN(C)C(CCS)C(=O)NCCCCCCCCCCCC(=O)O. The van der Waals surface area contributed by atoms with Crippen LogP contribution in [0, 0.1) is 0 Å². The molecule has 1 unspecified atom stereocenters. The first kappa shape index (κ1) is 23.2. The maximum atomic E-state index is 12.1. The summed E-state index contributed by atoms with van der Waals surface area (Å²) in [4.78, 5) is 24.4. The van der Waals surface area contributed by atoms with Crippen LogP contribution in [0.5, 0.6) is 0 Å². The number of carbonyl (C=O) groups is 2. The molecule has 0 spiro atoms. The number of carbonyl (C=O) groups excluding carboxylic acids is 1. The van der Waals surface area contributed by atoms with Crippen LogP contribution in [0.25, 0.3) is 0 Å². The van der Waals surface area contributed by atoms with E-state index in [-0.39, 0.29) is 11.9 Å². The van der Waals surface area contributed by atoms with E-state index in [0.29, 0.717) is 12.2 Å². The van der Waals surface area contributed by atoms with Crippen molar-refractivity contribution in [2.24, 2.45) is 0 Å². The van der Waals surface area contributed by atoms with Crippen LogP contribution in [0.4, 0.5) is 0 Å². The third kappa shape index (κ3) is 13.7. The van der Waals surface area contributed by atoms with Crippen LogP contribution in [-0.4, -0.2) is 54.3 Å². The van der Waals surface area contributed by atoms with E-state index in [1.54, 1.807) is 0 Å². The molecule has 24 heavy (non-hydrogen) atoms. The van der Waals surface area contributed by atoms with Gasteiger partial charge in [0, 0.05) is 13.0 Å². The molecule has 1 atom stereocenters. The van der Waals surface area contributed by atoms with E-state index in [1.165, 1.54) is 25.7 Å². The number of nitrogens with one attached hydrogen (secondary N) is 1. The zero-order chi connectivity index (χ0) is 18.2. The molecule has 0 bridgehead atoms. The van der Waals surface area contributed by atoms with Gasteiger partial charge in [-0.05, 0) is 39.1 Å². The lowest BCUT2D eigenvalue weighted by molar-refractivity contribution is -0.137. The molecule has 0 aliphatic rings. The molecule has 0 aliphatic carbocycles. The Morgan fingerprint density at radius 1 is 0.958 bits per heavy atom. The first-order valence-electron chi connectivity index (χ1n) is 9.25. The number of likely N-dealkylation sites (N-methyl/N-ethyl adjacent to an activating group) is 1. The van der Waals surface area contributed by atoms with Crippen molar-refractivity contribution >= 4 is 24.5 Å². The standard InChI is InChI=1S/C18H36N2O3S/c1-20(2)16(13-15-24)18(23)19-14-11-9-7-5-3-4-6-8-10-12-17(21)22/h16,24H,3-15H2,1-2H3,(H,19,23)(H,21,22). The van der Waals surface area contributed by atoms with Gasteiger partial charge in [0.1, 0.15) is 0 Å². The minimum atomic E-state index is -0.690. The van der Waals surface area contributed by atoms with E-state index >= 15 is 0 Å². The Morgan fingerprint density at radius 3 is 1.92 bits per heavy atom. The summed E-state index contributed by atoms with van der Waals surface area (Å²) < 4.78 is 0. The second-order valence-electron chi connectivity index (χ2n) is 6.61. The van der Waals surface area contributed by atoms with Gasteiger partial charge in [-0.2, -0.15) is 12.6 Å². The monoisotopic (exact) mass is 360 g/mol. The predicted octanol–water partition coefficient (Wildman–Crippen LogP) is 3.34. The molecule has 5 nitrogen and oxygen atoms in total. The number of carboxylic acids is 1. The molecule has 0 heterocycles. The highest BCUT2D eigenvalue weighted by Gasteiger charge is 2.18. The fourth-order valence-electron chi connectivity index (χ4n) is 2.71. The molecular weight excluding hydrogens is 324 g/mol. The summed E-state index contributed by atoms with van der Waals surface area (Å²) >= 11 is 4.21. The molecule has 1 amide bonds. The zero-order valence-electron chi connectivity index (χ0n) is 15.4. The van der Waals surface area contributed by atoms with Gasteiger partial charge in [-0.1, -0.05) is 44.9 Å². The zero-order valence-corrected chi connectivity index (χ0v) is 16.3. The van der Waals surface area contributed by atoms with Crippen molar-refractivity contribution in [1.29, 1.82) is 0 Å². The average molecular weight is 361 g/mol. The second-order valence-corrected chi connectivity index (χ2v) is 7.06. The Hall–Kier alpha value is -0.750. The summed E-state index contributed by atoms with van der Waals surface area (Å²) in [5.41, 5.74) is 0. The number of aliphatic carboxylic acids is 1. The molecule has 0 saturated carbocycles. The maximum absolute atomic E-state index is 12.1. The van der Waals surface area contributed by atoms with Gasteiger partial charge in [0.25, 0.3) is 0 Å². The van der Waals surface area contributed by atoms with Gasteiger partial charge < -0.3 is 10.4 Å². The first-order chi connectivity index (χ1) is 11.5.